The van der Waals surface area contributed by atoms with Gasteiger partial charge in [0.25, 0.3) is 0 Å². The third-order valence-electron chi connectivity index (χ3n) is 3.48. The van der Waals surface area contributed by atoms with Gasteiger partial charge in [0.15, 0.2) is 0 Å². The number of amides is 2. The number of nitrogens with one attached hydrogen (secondary N) is 1. The van der Waals surface area contributed by atoms with E-state index in [0.29, 0.717) is 19.0 Å². The summed E-state index contributed by atoms with van der Waals surface area (Å²) in [5.41, 5.74) is -0.482. The topological polar surface area (TPSA) is 58.6 Å². The van der Waals surface area contributed by atoms with Crippen LogP contribution in [-0.2, 0) is 9.53 Å². The van der Waals surface area contributed by atoms with Gasteiger partial charge in [0.2, 0.25) is 5.91 Å². The van der Waals surface area contributed by atoms with E-state index in [1.54, 1.807) is 4.90 Å². The predicted octanol–water partition coefficient (Wildman–Crippen LogP) is 1.38. The van der Waals surface area contributed by atoms with Gasteiger partial charge in [0.05, 0.1) is 5.92 Å². The van der Waals surface area contributed by atoms with Gasteiger partial charge >= 0.3 is 6.09 Å². The summed E-state index contributed by atoms with van der Waals surface area (Å²) in [4.78, 5) is 25.5. The molecule has 2 aliphatic heterocycles. The molecule has 2 saturated heterocycles. The van der Waals surface area contributed by atoms with Gasteiger partial charge in [-0.1, -0.05) is 0 Å². The van der Waals surface area contributed by atoms with Crippen molar-refractivity contribution < 1.29 is 14.3 Å². The maximum Gasteiger partial charge on any atom is 0.410 e. The Morgan fingerprint density at radius 1 is 1.39 bits per heavy atom. The van der Waals surface area contributed by atoms with Gasteiger partial charge in [-0.2, -0.15) is 0 Å². The summed E-state index contributed by atoms with van der Waals surface area (Å²) in [6.07, 6.45) is 1.70. The van der Waals surface area contributed by atoms with Crippen LogP contribution in [0.15, 0.2) is 0 Å². The molecule has 18 heavy (non-hydrogen) atoms. The smallest absolute Gasteiger partial charge is 0.410 e. The highest BCUT2D eigenvalue weighted by molar-refractivity contribution is 5.81. The first-order valence-electron chi connectivity index (χ1n) is 6.62. The molecule has 0 aromatic carbocycles. The van der Waals surface area contributed by atoms with Crippen LogP contribution in [0.5, 0.6) is 0 Å². The monoisotopic (exact) mass is 254 g/mol. The molecule has 2 atom stereocenters. The van der Waals surface area contributed by atoms with Crippen LogP contribution in [0.3, 0.4) is 0 Å². The lowest BCUT2D eigenvalue weighted by molar-refractivity contribution is -0.125. The van der Waals surface area contributed by atoms with Gasteiger partial charge < -0.3 is 15.0 Å². The molecule has 2 heterocycles. The summed E-state index contributed by atoms with van der Waals surface area (Å²) >= 11 is 0. The number of nitrogens with zero attached hydrogens (tertiary/aromatic N) is 1. The number of hydrogen-bond acceptors (Lipinski definition) is 3. The Labute approximate surface area is 108 Å². The minimum atomic E-state index is -0.482. The summed E-state index contributed by atoms with van der Waals surface area (Å²) in [6, 6.07) is 0. The highest BCUT2D eigenvalue weighted by Crippen LogP contribution is 2.30. The Morgan fingerprint density at radius 2 is 2.11 bits per heavy atom. The van der Waals surface area contributed by atoms with E-state index in [1.165, 1.54) is 0 Å². The van der Waals surface area contributed by atoms with Crippen LogP contribution < -0.4 is 5.32 Å². The fraction of sp³-hybridized carbons (Fsp3) is 0.846. The van der Waals surface area contributed by atoms with Gasteiger partial charge in [-0.15, -0.1) is 0 Å². The molecule has 0 saturated carbocycles. The zero-order chi connectivity index (χ0) is 13.3. The minimum Gasteiger partial charge on any atom is -0.444 e. The Bertz CT molecular complexity index is 349. The number of likely N-dealkylation sites (tertiary alicyclic amines) is 1. The van der Waals surface area contributed by atoms with Gasteiger partial charge in [0, 0.05) is 19.6 Å². The van der Waals surface area contributed by atoms with Crippen molar-refractivity contribution in [2.45, 2.75) is 39.2 Å². The van der Waals surface area contributed by atoms with Crippen LogP contribution in [-0.4, -0.2) is 42.1 Å². The SMILES string of the molecule is CC(C)(C)OC(=O)N1C[C@H]2CCCNC(=O)[C@@H]2C1. The number of ether oxygens (including phenoxy) is 1. The molecule has 2 aliphatic rings. The van der Waals surface area contributed by atoms with Gasteiger partial charge in [0.1, 0.15) is 5.60 Å². The zero-order valence-corrected chi connectivity index (χ0v) is 11.4. The Kier molecular flexibility index (Phi) is 3.50. The van der Waals surface area contributed by atoms with Gasteiger partial charge in [-0.3, -0.25) is 4.79 Å². The number of hydrogen-bond donors (Lipinski definition) is 1. The van der Waals surface area contributed by atoms with Crippen LogP contribution >= 0.6 is 0 Å². The first-order chi connectivity index (χ1) is 8.37. The average Bonchev–Trinajstić information content (AvgIpc) is 2.59. The molecule has 0 bridgehead atoms. The molecule has 0 aliphatic carbocycles. The number of rotatable bonds is 0. The summed E-state index contributed by atoms with van der Waals surface area (Å²) in [5.74, 6) is 0.323. The van der Waals surface area contributed by atoms with Crippen LogP contribution in [0, 0.1) is 11.8 Å². The first kappa shape index (κ1) is 13.2. The number of carbonyl (C=O) groups excluding carboxylic acids is 2. The maximum absolute atomic E-state index is 12.0. The predicted molar refractivity (Wildman–Crippen MR) is 67.0 cm³/mol. The highest BCUT2D eigenvalue weighted by Gasteiger charge is 2.41. The minimum absolute atomic E-state index is 0.0555. The molecule has 102 valence electrons. The lowest BCUT2D eigenvalue weighted by Gasteiger charge is -2.24. The Hall–Kier alpha value is -1.26. The largest absolute Gasteiger partial charge is 0.444 e. The van der Waals surface area contributed by atoms with Crippen LogP contribution in [0.4, 0.5) is 4.79 Å². The van der Waals surface area contributed by atoms with Crippen LogP contribution in [0.1, 0.15) is 33.6 Å². The molecule has 1 N–H and O–H groups in total. The molecule has 0 aromatic heterocycles. The Balaban J connectivity index is 1.99. The van der Waals surface area contributed by atoms with Crippen molar-refractivity contribution in [1.29, 1.82) is 0 Å². The van der Waals surface area contributed by atoms with E-state index >= 15 is 0 Å². The average molecular weight is 254 g/mol. The van der Waals surface area contributed by atoms with Crippen molar-refractivity contribution >= 4 is 12.0 Å². The van der Waals surface area contributed by atoms with E-state index in [-0.39, 0.29) is 17.9 Å². The Morgan fingerprint density at radius 3 is 2.78 bits per heavy atom. The first-order valence-corrected chi connectivity index (χ1v) is 6.62. The van der Waals surface area contributed by atoms with Crippen LogP contribution in [0.2, 0.25) is 0 Å². The fourth-order valence-corrected chi connectivity index (χ4v) is 2.64. The number of carbonyl (C=O) groups is 2. The second kappa shape index (κ2) is 4.78. The molecule has 2 fully saturated rings. The summed E-state index contributed by atoms with van der Waals surface area (Å²) < 4.78 is 5.35. The molecule has 0 unspecified atom stereocenters. The lowest BCUT2D eigenvalue weighted by Crippen LogP contribution is -2.37. The van der Waals surface area contributed by atoms with Crippen molar-refractivity contribution in [2.24, 2.45) is 11.8 Å². The molecule has 0 spiro atoms. The number of fused-ring (bicyclic) bond motifs is 1. The van der Waals surface area contributed by atoms with Crippen LogP contribution in [0.25, 0.3) is 0 Å². The van der Waals surface area contributed by atoms with E-state index in [2.05, 4.69) is 5.32 Å². The summed E-state index contributed by atoms with van der Waals surface area (Å²) in [5, 5.41) is 2.91. The van der Waals surface area contributed by atoms with Crippen molar-refractivity contribution in [3.63, 3.8) is 0 Å². The van der Waals surface area contributed by atoms with E-state index in [9.17, 15) is 9.59 Å². The second-order valence-electron chi connectivity index (χ2n) is 6.19. The third kappa shape index (κ3) is 2.94. The van der Waals surface area contributed by atoms with E-state index in [0.717, 1.165) is 19.4 Å². The second-order valence-corrected chi connectivity index (χ2v) is 6.19. The van der Waals surface area contributed by atoms with E-state index < -0.39 is 5.60 Å². The standard InChI is InChI=1S/C13H22N2O3/c1-13(2,3)18-12(17)15-7-9-5-4-6-14-11(16)10(9)8-15/h9-10H,4-8H2,1-3H3,(H,14,16)/t9-,10-/m1/s1. The lowest BCUT2D eigenvalue weighted by atomic mass is 9.93. The molecular weight excluding hydrogens is 232 g/mol. The molecule has 0 aromatic rings. The van der Waals surface area contributed by atoms with Gasteiger partial charge in [-0.05, 0) is 39.5 Å². The summed E-state index contributed by atoms with van der Waals surface area (Å²) in [6.45, 7) is 7.46. The molecule has 2 rings (SSSR count). The van der Waals surface area contributed by atoms with Crippen molar-refractivity contribution in [1.82, 2.24) is 10.2 Å². The van der Waals surface area contributed by atoms with E-state index in [1.807, 2.05) is 20.8 Å². The van der Waals surface area contributed by atoms with Crippen molar-refractivity contribution in [2.75, 3.05) is 19.6 Å². The third-order valence-corrected chi connectivity index (χ3v) is 3.48. The van der Waals surface area contributed by atoms with E-state index in [4.69, 9.17) is 4.74 Å². The fourth-order valence-electron chi connectivity index (χ4n) is 2.64. The molecular formula is C13H22N2O3. The molecule has 2 amide bonds. The van der Waals surface area contributed by atoms with Crippen molar-refractivity contribution in [3.05, 3.63) is 0 Å². The van der Waals surface area contributed by atoms with Gasteiger partial charge in [-0.25, -0.2) is 4.79 Å². The zero-order valence-electron chi connectivity index (χ0n) is 11.4. The summed E-state index contributed by atoms with van der Waals surface area (Å²) in [7, 11) is 0. The van der Waals surface area contributed by atoms with Crippen molar-refractivity contribution in [3.8, 4) is 0 Å². The highest BCUT2D eigenvalue weighted by atomic mass is 16.6. The molecule has 5 heteroatoms. The molecule has 0 radical (unpaired) electrons. The maximum atomic E-state index is 12.0. The quantitative estimate of drug-likeness (QED) is 0.710. The normalized spacial score (nSPS) is 28.4. The molecule has 5 nitrogen and oxygen atoms in total.